The SMILES string of the molecule is NC1(C(=O)N(CC(=O)O)c2cccc(Cl)c2)CCCC1. The summed E-state index contributed by atoms with van der Waals surface area (Å²) in [4.78, 5) is 24.8. The van der Waals surface area contributed by atoms with E-state index in [9.17, 15) is 9.59 Å². The predicted octanol–water partition coefficient (Wildman–Crippen LogP) is 2.03. The number of anilines is 1. The number of nitrogens with two attached hydrogens (primary N) is 1. The lowest BCUT2D eigenvalue weighted by Gasteiger charge is -2.30. The fraction of sp³-hybridized carbons (Fsp3) is 0.429. The van der Waals surface area contributed by atoms with E-state index in [0.717, 1.165) is 12.8 Å². The number of hydrogen-bond acceptors (Lipinski definition) is 3. The standard InChI is InChI=1S/C14H17ClN2O3/c15-10-4-3-5-11(8-10)17(9-12(18)19)13(20)14(16)6-1-2-7-14/h3-5,8H,1-2,6-7,9,16H2,(H,18,19). The first-order valence-corrected chi connectivity index (χ1v) is 6.88. The average Bonchev–Trinajstić information content (AvgIpc) is 2.83. The van der Waals surface area contributed by atoms with Crippen LogP contribution in [0.2, 0.25) is 5.02 Å². The molecule has 1 amide bonds. The highest BCUT2D eigenvalue weighted by atomic mass is 35.5. The number of carbonyl (C=O) groups excluding carboxylic acids is 1. The Labute approximate surface area is 122 Å². The van der Waals surface area contributed by atoms with E-state index in [1.54, 1.807) is 24.3 Å². The van der Waals surface area contributed by atoms with Gasteiger partial charge in [0.05, 0.1) is 5.54 Å². The highest BCUT2D eigenvalue weighted by molar-refractivity contribution is 6.31. The molecule has 1 aliphatic rings. The highest BCUT2D eigenvalue weighted by Crippen LogP contribution is 2.31. The summed E-state index contributed by atoms with van der Waals surface area (Å²) in [6.45, 7) is -0.419. The van der Waals surface area contributed by atoms with Crippen molar-refractivity contribution in [3.63, 3.8) is 0 Å². The molecule has 0 heterocycles. The quantitative estimate of drug-likeness (QED) is 0.890. The van der Waals surface area contributed by atoms with Crippen molar-refractivity contribution >= 4 is 29.2 Å². The third kappa shape index (κ3) is 3.11. The topological polar surface area (TPSA) is 83.6 Å². The van der Waals surface area contributed by atoms with Gasteiger partial charge in [-0.05, 0) is 31.0 Å². The molecule has 5 nitrogen and oxygen atoms in total. The van der Waals surface area contributed by atoms with Gasteiger partial charge in [-0.1, -0.05) is 30.5 Å². The number of rotatable bonds is 4. The van der Waals surface area contributed by atoms with E-state index in [1.807, 2.05) is 0 Å². The minimum atomic E-state index is -1.08. The lowest BCUT2D eigenvalue weighted by Crippen LogP contribution is -2.55. The van der Waals surface area contributed by atoms with E-state index in [0.29, 0.717) is 23.6 Å². The van der Waals surface area contributed by atoms with Crippen LogP contribution in [0, 0.1) is 0 Å². The number of carboxylic acid groups (broad SMARTS) is 1. The van der Waals surface area contributed by atoms with Crippen LogP contribution < -0.4 is 10.6 Å². The number of nitrogens with zero attached hydrogens (tertiary/aromatic N) is 1. The molecule has 1 aliphatic carbocycles. The van der Waals surface area contributed by atoms with Gasteiger partial charge in [0.25, 0.3) is 0 Å². The van der Waals surface area contributed by atoms with Gasteiger partial charge in [-0.3, -0.25) is 14.5 Å². The Bertz CT molecular complexity index is 527. The Balaban J connectivity index is 2.32. The van der Waals surface area contributed by atoms with Crippen LogP contribution in [0.3, 0.4) is 0 Å². The molecular formula is C14H17ClN2O3. The van der Waals surface area contributed by atoms with Crippen molar-refractivity contribution in [2.24, 2.45) is 5.73 Å². The molecule has 1 saturated carbocycles. The van der Waals surface area contributed by atoms with Gasteiger partial charge in [0.15, 0.2) is 0 Å². The molecule has 6 heteroatoms. The van der Waals surface area contributed by atoms with Gasteiger partial charge in [-0.25, -0.2) is 0 Å². The largest absolute Gasteiger partial charge is 0.480 e. The normalized spacial score (nSPS) is 16.9. The monoisotopic (exact) mass is 296 g/mol. The number of amides is 1. The van der Waals surface area contributed by atoms with Crippen LogP contribution in [0.25, 0.3) is 0 Å². The summed E-state index contributed by atoms with van der Waals surface area (Å²) in [6, 6.07) is 6.58. The zero-order chi connectivity index (χ0) is 14.8. The van der Waals surface area contributed by atoms with E-state index >= 15 is 0 Å². The van der Waals surface area contributed by atoms with Crippen molar-refractivity contribution in [1.29, 1.82) is 0 Å². The number of halogens is 1. The van der Waals surface area contributed by atoms with Crippen LogP contribution in [0.1, 0.15) is 25.7 Å². The molecule has 1 aromatic rings. The maximum atomic E-state index is 12.6. The van der Waals surface area contributed by atoms with E-state index in [4.69, 9.17) is 22.4 Å². The fourth-order valence-electron chi connectivity index (χ4n) is 2.55. The van der Waals surface area contributed by atoms with Crippen LogP contribution >= 0.6 is 11.6 Å². The van der Waals surface area contributed by atoms with Crippen LogP contribution in [0.5, 0.6) is 0 Å². The van der Waals surface area contributed by atoms with Gasteiger partial charge in [0.1, 0.15) is 6.54 Å². The first kappa shape index (κ1) is 14.8. The lowest BCUT2D eigenvalue weighted by molar-refractivity contribution is -0.137. The van der Waals surface area contributed by atoms with Crippen molar-refractivity contribution in [3.05, 3.63) is 29.3 Å². The number of carboxylic acids is 1. The zero-order valence-electron chi connectivity index (χ0n) is 11.0. The van der Waals surface area contributed by atoms with Crippen molar-refractivity contribution in [2.45, 2.75) is 31.2 Å². The molecule has 0 atom stereocenters. The predicted molar refractivity (Wildman–Crippen MR) is 76.8 cm³/mol. The van der Waals surface area contributed by atoms with Crippen LogP contribution in [0.15, 0.2) is 24.3 Å². The van der Waals surface area contributed by atoms with Gasteiger partial charge in [-0.2, -0.15) is 0 Å². The van der Waals surface area contributed by atoms with E-state index in [1.165, 1.54) is 4.90 Å². The average molecular weight is 297 g/mol. The molecule has 0 saturated heterocycles. The Morgan fingerprint density at radius 1 is 1.35 bits per heavy atom. The molecule has 0 unspecified atom stereocenters. The Morgan fingerprint density at radius 3 is 2.55 bits per heavy atom. The van der Waals surface area contributed by atoms with E-state index < -0.39 is 18.1 Å². The number of carbonyl (C=O) groups is 2. The Kier molecular flexibility index (Phi) is 4.30. The molecule has 1 aromatic carbocycles. The third-order valence-corrected chi connectivity index (χ3v) is 3.82. The summed E-state index contributed by atoms with van der Waals surface area (Å²) in [5.74, 6) is -1.43. The summed E-state index contributed by atoms with van der Waals surface area (Å²) < 4.78 is 0. The number of benzene rings is 1. The maximum absolute atomic E-state index is 12.6. The van der Waals surface area contributed by atoms with Crippen molar-refractivity contribution < 1.29 is 14.7 Å². The molecule has 3 N–H and O–H groups in total. The lowest BCUT2D eigenvalue weighted by atomic mass is 9.96. The summed E-state index contributed by atoms with van der Waals surface area (Å²) in [5.41, 5.74) is 5.64. The number of hydrogen-bond donors (Lipinski definition) is 2. The summed E-state index contributed by atoms with van der Waals surface area (Å²) >= 11 is 5.91. The van der Waals surface area contributed by atoms with Crippen LogP contribution in [0.4, 0.5) is 5.69 Å². The van der Waals surface area contributed by atoms with Crippen molar-refractivity contribution in [1.82, 2.24) is 0 Å². The second kappa shape index (κ2) is 5.81. The molecule has 1 fully saturated rings. The van der Waals surface area contributed by atoms with Gasteiger partial charge < -0.3 is 10.8 Å². The molecule has 0 aromatic heterocycles. The fourth-order valence-corrected chi connectivity index (χ4v) is 2.73. The van der Waals surface area contributed by atoms with Crippen molar-refractivity contribution in [2.75, 3.05) is 11.4 Å². The Morgan fingerprint density at radius 2 is 2.00 bits per heavy atom. The molecule has 20 heavy (non-hydrogen) atoms. The molecule has 0 bridgehead atoms. The summed E-state index contributed by atoms with van der Waals surface area (Å²) in [6.07, 6.45) is 2.95. The van der Waals surface area contributed by atoms with Gasteiger partial charge >= 0.3 is 5.97 Å². The number of aliphatic carboxylic acids is 1. The van der Waals surface area contributed by atoms with Crippen LogP contribution in [-0.4, -0.2) is 29.1 Å². The molecule has 2 rings (SSSR count). The van der Waals surface area contributed by atoms with Crippen LogP contribution in [-0.2, 0) is 9.59 Å². The Hall–Kier alpha value is -1.59. The molecule has 0 radical (unpaired) electrons. The molecular weight excluding hydrogens is 280 g/mol. The van der Waals surface area contributed by atoms with E-state index in [-0.39, 0.29) is 5.91 Å². The van der Waals surface area contributed by atoms with Crippen molar-refractivity contribution in [3.8, 4) is 0 Å². The maximum Gasteiger partial charge on any atom is 0.323 e. The molecule has 0 aliphatic heterocycles. The second-order valence-corrected chi connectivity index (χ2v) is 5.56. The molecule has 108 valence electrons. The first-order chi connectivity index (χ1) is 9.42. The van der Waals surface area contributed by atoms with E-state index in [2.05, 4.69) is 0 Å². The highest BCUT2D eigenvalue weighted by Gasteiger charge is 2.40. The first-order valence-electron chi connectivity index (χ1n) is 6.50. The zero-order valence-corrected chi connectivity index (χ0v) is 11.8. The van der Waals surface area contributed by atoms with Gasteiger partial charge in [0.2, 0.25) is 5.91 Å². The van der Waals surface area contributed by atoms with Gasteiger partial charge in [-0.15, -0.1) is 0 Å². The smallest absolute Gasteiger partial charge is 0.323 e. The third-order valence-electron chi connectivity index (χ3n) is 3.58. The summed E-state index contributed by atoms with van der Waals surface area (Å²) in [7, 11) is 0. The second-order valence-electron chi connectivity index (χ2n) is 5.13. The minimum Gasteiger partial charge on any atom is -0.480 e. The minimum absolute atomic E-state index is 0.348. The summed E-state index contributed by atoms with van der Waals surface area (Å²) in [5, 5.41) is 9.47. The molecule has 0 spiro atoms. The van der Waals surface area contributed by atoms with Gasteiger partial charge in [0, 0.05) is 10.7 Å².